The molecule has 0 saturated carbocycles. The number of aryl methyl sites for hydroxylation is 1. The van der Waals surface area contributed by atoms with Crippen LogP contribution in [-0.4, -0.2) is 17.7 Å². The SMILES string of the molecule is Cc1cccc(NC(=O)c2ccc(NC3=C(Cl)C(=O)N(c4cc(Cl)ccc4Cl)C3=O)cc2)c1. The molecule has 0 unspecified atom stereocenters. The molecule has 1 heterocycles. The fourth-order valence-corrected chi connectivity index (χ4v) is 3.84. The Bertz CT molecular complexity index is 1320. The molecular weight excluding hydrogens is 485 g/mol. The average Bonchev–Trinajstić information content (AvgIpc) is 2.99. The Kier molecular flexibility index (Phi) is 6.42. The van der Waals surface area contributed by atoms with Crippen molar-refractivity contribution in [1.82, 2.24) is 0 Å². The van der Waals surface area contributed by atoms with Crippen LogP contribution in [0.3, 0.4) is 0 Å². The van der Waals surface area contributed by atoms with E-state index < -0.39 is 11.8 Å². The zero-order valence-electron chi connectivity index (χ0n) is 17.2. The average molecular weight is 501 g/mol. The number of benzene rings is 3. The number of amides is 3. The molecule has 1 aliphatic heterocycles. The van der Waals surface area contributed by atoms with Crippen molar-refractivity contribution in [3.8, 4) is 0 Å². The smallest absolute Gasteiger partial charge is 0.283 e. The molecule has 0 bridgehead atoms. The maximum absolute atomic E-state index is 12.9. The molecule has 0 saturated heterocycles. The van der Waals surface area contributed by atoms with Crippen molar-refractivity contribution in [3.63, 3.8) is 0 Å². The molecule has 6 nitrogen and oxygen atoms in total. The van der Waals surface area contributed by atoms with Crippen LogP contribution in [0.15, 0.2) is 77.5 Å². The maximum Gasteiger partial charge on any atom is 0.283 e. The minimum atomic E-state index is -0.720. The van der Waals surface area contributed by atoms with Crippen molar-refractivity contribution in [2.24, 2.45) is 0 Å². The van der Waals surface area contributed by atoms with Crippen molar-refractivity contribution in [2.45, 2.75) is 6.92 Å². The minimum absolute atomic E-state index is 0.102. The first kappa shape index (κ1) is 22.9. The van der Waals surface area contributed by atoms with Crippen LogP contribution in [0.1, 0.15) is 15.9 Å². The monoisotopic (exact) mass is 499 g/mol. The van der Waals surface area contributed by atoms with Crippen LogP contribution < -0.4 is 15.5 Å². The van der Waals surface area contributed by atoms with Crippen molar-refractivity contribution < 1.29 is 14.4 Å². The number of imide groups is 1. The molecule has 3 aromatic carbocycles. The topological polar surface area (TPSA) is 78.5 Å². The van der Waals surface area contributed by atoms with Gasteiger partial charge in [0.15, 0.2) is 0 Å². The van der Waals surface area contributed by atoms with Gasteiger partial charge in [0, 0.05) is 22.0 Å². The van der Waals surface area contributed by atoms with Crippen LogP contribution in [0.5, 0.6) is 0 Å². The molecule has 2 N–H and O–H groups in total. The minimum Gasteiger partial charge on any atom is -0.350 e. The Labute approximate surface area is 204 Å². The van der Waals surface area contributed by atoms with Gasteiger partial charge in [0.25, 0.3) is 17.7 Å². The Morgan fingerprint density at radius 1 is 0.848 bits per heavy atom. The lowest BCUT2D eigenvalue weighted by molar-refractivity contribution is -0.120. The van der Waals surface area contributed by atoms with Crippen molar-refractivity contribution in [3.05, 3.63) is 98.6 Å². The van der Waals surface area contributed by atoms with Crippen molar-refractivity contribution in [2.75, 3.05) is 15.5 Å². The quantitative estimate of drug-likeness (QED) is 0.422. The molecule has 4 rings (SSSR count). The lowest BCUT2D eigenvalue weighted by Gasteiger charge is -2.17. The summed E-state index contributed by atoms with van der Waals surface area (Å²) in [7, 11) is 0. The van der Waals surface area contributed by atoms with Gasteiger partial charge < -0.3 is 10.6 Å². The van der Waals surface area contributed by atoms with E-state index in [2.05, 4.69) is 10.6 Å². The fourth-order valence-electron chi connectivity index (χ4n) is 3.26. The largest absolute Gasteiger partial charge is 0.350 e. The van der Waals surface area contributed by atoms with E-state index in [1.807, 2.05) is 25.1 Å². The summed E-state index contributed by atoms with van der Waals surface area (Å²) in [5, 5.41) is 5.89. The molecule has 166 valence electrons. The molecule has 0 fully saturated rings. The number of carbonyl (C=O) groups is 3. The third kappa shape index (κ3) is 4.73. The summed E-state index contributed by atoms with van der Waals surface area (Å²) in [6, 6.07) is 18.3. The second kappa shape index (κ2) is 9.27. The molecule has 9 heteroatoms. The van der Waals surface area contributed by atoms with E-state index in [0.29, 0.717) is 22.0 Å². The van der Waals surface area contributed by atoms with Gasteiger partial charge in [-0.05, 0) is 67.1 Å². The molecule has 0 atom stereocenters. The summed E-state index contributed by atoms with van der Waals surface area (Å²) in [6.07, 6.45) is 0. The van der Waals surface area contributed by atoms with Gasteiger partial charge in [-0.15, -0.1) is 0 Å². The zero-order valence-corrected chi connectivity index (χ0v) is 19.4. The molecular formula is C24H16Cl3N3O3. The molecule has 1 aliphatic rings. The number of rotatable bonds is 5. The second-order valence-corrected chi connectivity index (χ2v) is 8.48. The predicted octanol–water partition coefficient (Wildman–Crippen LogP) is 5.99. The summed E-state index contributed by atoms with van der Waals surface area (Å²) < 4.78 is 0. The maximum atomic E-state index is 12.9. The number of halogens is 3. The van der Waals surface area contributed by atoms with E-state index >= 15 is 0 Å². The number of carbonyl (C=O) groups excluding carboxylic acids is 3. The van der Waals surface area contributed by atoms with Gasteiger partial charge in [0.1, 0.15) is 10.7 Å². The third-order valence-electron chi connectivity index (χ3n) is 4.87. The first-order chi connectivity index (χ1) is 15.7. The molecule has 3 amide bonds. The van der Waals surface area contributed by atoms with Crippen molar-refractivity contribution in [1.29, 1.82) is 0 Å². The number of anilines is 3. The highest BCUT2D eigenvalue weighted by Gasteiger charge is 2.40. The van der Waals surface area contributed by atoms with Crippen LogP contribution in [-0.2, 0) is 9.59 Å². The van der Waals surface area contributed by atoms with Crippen LogP contribution in [0, 0.1) is 6.92 Å². The zero-order chi connectivity index (χ0) is 23.7. The first-order valence-corrected chi connectivity index (χ1v) is 10.9. The third-order valence-corrected chi connectivity index (χ3v) is 5.77. The van der Waals surface area contributed by atoms with Gasteiger partial charge in [-0.3, -0.25) is 14.4 Å². The normalized spacial score (nSPS) is 13.5. The highest BCUT2D eigenvalue weighted by Crippen LogP contribution is 2.35. The summed E-state index contributed by atoms with van der Waals surface area (Å²) >= 11 is 18.3. The van der Waals surface area contributed by atoms with Gasteiger partial charge >= 0.3 is 0 Å². The van der Waals surface area contributed by atoms with E-state index in [4.69, 9.17) is 34.8 Å². The predicted molar refractivity (Wildman–Crippen MR) is 131 cm³/mol. The molecule has 0 radical (unpaired) electrons. The van der Waals surface area contributed by atoms with E-state index in [9.17, 15) is 14.4 Å². The Morgan fingerprint density at radius 3 is 2.27 bits per heavy atom. The Morgan fingerprint density at radius 2 is 1.58 bits per heavy atom. The van der Waals surface area contributed by atoms with Gasteiger partial charge in [-0.25, -0.2) is 4.90 Å². The molecule has 3 aromatic rings. The molecule has 0 spiro atoms. The number of hydrogen-bond acceptors (Lipinski definition) is 4. The van der Waals surface area contributed by atoms with E-state index in [0.717, 1.165) is 10.5 Å². The number of hydrogen-bond donors (Lipinski definition) is 2. The van der Waals surface area contributed by atoms with E-state index in [1.54, 1.807) is 36.4 Å². The molecule has 0 aromatic heterocycles. The summed E-state index contributed by atoms with van der Waals surface area (Å²) in [6.45, 7) is 1.94. The van der Waals surface area contributed by atoms with Crippen LogP contribution >= 0.6 is 34.8 Å². The Balaban J connectivity index is 1.50. The van der Waals surface area contributed by atoms with E-state index in [-0.39, 0.29) is 27.3 Å². The van der Waals surface area contributed by atoms with Gasteiger partial charge in [0.05, 0.1) is 10.7 Å². The highest BCUT2D eigenvalue weighted by atomic mass is 35.5. The highest BCUT2D eigenvalue weighted by molar-refractivity contribution is 6.54. The lowest BCUT2D eigenvalue weighted by atomic mass is 10.1. The Hall–Kier alpha value is -3.32. The first-order valence-electron chi connectivity index (χ1n) is 9.73. The van der Waals surface area contributed by atoms with Gasteiger partial charge in [-0.2, -0.15) is 0 Å². The number of nitrogens with one attached hydrogen (secondary N) is 2. The van der Waals surface area contributed by atoms with Gasteiger partial charge in [-0.1, -0.05) is 46.9 Å². The summed E-state index contributed by atoms with van der Waals surface area (Å²) in [5.41, 5.74) is 2.64. The second-order valence-electron chi connectivity index (χ2n) is 7.26. The van der Waals surface area contributed by atoms with Crippen LogP contribution in [0.2, 0.25) is 10.0 Å². The fraction of sp³-hybridized carbons (Fsp3) is 0.0417. The molecule has 0 aliphatic carbocycles. The standard InChI is InChI=1S/C24H16Cl3N3O3/c1-13-3-2-4-17(11-13)29-22(31)14-5-8-16(9-6-14)28-21-20(27)23(32)30(24(21)33)19-12-15(25)7-10-18(19)26/h2-12,28H,1H3,(H,29,31). The van der Waals surface area contributed by atoms with Gasteiger partial charge in [0.2, 0.25) is 0 Å². The number of nitrogens with zero attached hydrogens (tertiary/aromatic N) is 1. The van der Waals surface area contributed by atoms with Crippen LogP contribution in [0.4, 0.5) is 17.1 Å². The lowest BCUT2D eigenvalue weighted by Crippen LogP contribution is -2.32. The summed E-state index contributed by atoms with van der Waals surface area (Å²) in [5.74, 6) is -1.67. The van der Waals surface area contributed by atoms with Crippen molar-refractivity contribution >= 4 is 69.6 Å². The van der Waals surface area contributed by atoms with Crippen LogP contribution in [0.25, 0.3) is 0 Å². The van der Waals surface area contributed by atoms with E-state index in [1.165, 1.54) is 12.1 Å². The molecule has 33 heavy (non-hydrogen) atoms. The summed E-state index contributed by atoms with van der Waals surface area (Å²) in [4.78, 5) is 38.9.